The van der Waals surface area contributed by atoms with Gasteiger partial charge in [0, 0.05) is 12.6 Å². The lowest BCUT2D eigenvalue weighted by Gasteiger charge is -2.23. The second kappa shape index (κ2) is 8.28. The Morgan fingerprint density at radius 2 is 1.84 bits per heavy atom. The zero-order valence-corrected chi connectivity index (χ0v) is 12.2. The van der Waals surface area contributed by atoms with Crippen LogP contribution < -0.4 is 5.32 Å². The zero-order valence-electron chi connectivity index (χ0n) is 12.2. The summed E-state index contributed by atoms with van der Waals surface area (Å²) in [5, 5.41) is 13.3. The third-order valence-electron chi connectivity index (χ3n) is 3.75. The van der Waals surface area contributed by atoms with Gasteiger partial charge < -0.3 is 10.4 Å². The minimum atomic E-state index is -0.321. The van der Waals surface area contributed by atoms with Crippen LogP contribution in [0.3, 0.4) is 0 Å². The van der Waals surface area contributed by atoms with Crippen LogP contribution in [0.1, 0.15) is 39.2 Å². The first-order valence-electron chi connectivity index (χ1n) is 7.23. The van der Waals surface area contributed by atoms with Crippen molar-refractivity contribution in [2.24, 2.45) is 5.92 Å². The van der Waals surface area contributed by atoms with Gasteiger partial charge in [-0.1, -0.05) is 44.9 Å². The molecule has 0 spiro atoms. The summed E-state index contributed by atoms with van der Waals surface area (Å²) < 4.78 is 13.5. The quantitative estimate of drug-likeness (QED) is 0.758. The normalized spacial score (nSPS) is 14.6. The summed E-state index contributed by atoms with van der Waals surface area (Å²) in [4.78, 5) is 0. The fraction of sp³-hybridized carbons (Fsp3) is 0.625. The van der Waals surface area contributed by atoms with Crippen LogP contribution in [0.2, 0.25) is 0 Å². The Morgan fingerprint density at radius 3 is 2.42 bits per heavy atom. The number of aliphatic hydroxyl groups is 1. The van der Waals surface area contributed by atoms with Gasteiger partial charge in [0.15, 0.2) is 0 Å². The van der Waals surface area contributed by atoms with Gasteiger partial charge in [0.1, 0.15) is 5.82 Å². The molecule has 0 aromatic heterocycles. The average molecular weight is 267 g/mol. The Kier molecular flexibility index (Phi) is 7.03. The van der Waals surface area contributed by atoms with Gasteiger partial charge in [-0.2, -0.15) is 0 Å². The lowest BCUT2D eigenvalue weighted by atomic mass is 9.96. The Labute approximate surface area is 116 Å². The van der Waals surface area contributed by atoms with Crippen molar-refractivity contribution in [1.82, 2.24) is 5.32 Å². The first-order valence-corrected chi connectivity index (χ1v) is 7.23. The highest BCUT2D eigenvalue weighted by Gasteiger charge is 2.16. The Hall–Kier alpha value is -0.930. The van der Waals surface area contributed by atoms with Gasteiger partial charge >= 0.3 is 0 Å². The van der Waals surface area contributed by atoms with E-state index >= 15 is 0 Å². The van der Waals surface area contributed by atoms with E-state index in [0.29, 0.717) is 18.9 Å². The van der Waals surface area contributed by atoms with E-state index in [2.05, 4.69) is 19.2 Å². The number of nitrogens with one attached hydrogen (secondary N) is 1. The molecule has 2 unspecified atom stereocenters. The van der Waals surface area contributed by atoms with Gasteiger partial charge in [-0.05, 0) is 30.9 Å². The van der Waals surface area contributed by atoms with Crippen LogP contribution >= 0.6 is 0 Å². The molecule has 108 valence electrons. The lowest BCUT2D eigenvalue weighted by Crippen LogP contribution is -2.38. The molecule has 0 aliphatic carbocycles. The van der Waals surface area contributed by atoms with E-state index in [1.165, 1.54) is 6.07 Å². The first kappa shape index (κ1) is 16.1. The maximum absolute atomic E-state index is 13.5. The summed E-state index contributed by atoms with van der Waals surface area (Å²) in [6.07, 6.45) is 2.29. The van der Waals surface area contributed by atoms with Gasteiger partial charge in [-0.15, -0.1) is 0 Å². The smallest absolute Gasteiger partial charge is 0.126 e. The summed E-state index contributed by atoms with van der Waals surface area (Å²) in [5.74, 6) is 0.185. The van der Waals surface area contributed by atoms with Crippen molar-refractivity contribution in [3.8, 4) is 0 Å². The number of benzene rings is 1. The molecule has 2 atom stereocenters. The molecule has 0 bridgehead atoms. The third-order valence-corrected chi connectivity index (χ3v) is 3.75. The largest absolute Gasteiger partial charge is 0.392 e. The fourth-order valence-electron chi connectivity index (χ4n) is 2.39. The van der Waals surface area contributed by atoms with Crippen molar-refractivity contribution in [3.63, 3.8) is 0 Å². The minimum Gasteiger partial charge on any atom is -0.392 e. The van der Waals surface area contributed by atoms with E-state index < -0.39 is 0 Å². The van der Waals surface area contributed by atoms with E-state index in [0.717, 1.165) is 18.4 Å². The molecule has 0 radical (unpaired) electrons. The van der Waals surface area contributed by atoms with Gasteiger partial charge in [-0.3, -0.25) is 0 Å². The summed E-state index contributed by atoms with van der Waals surface area (Å²) >= 11 is 0. The predicted octanol–water partition coefficient (Wildman–Crippen LogP) is 3.14. The lowest BCUT2D eigenvalue weighted by molar-refractivity contribution is 0.0988. The van der Waals surface area contributed by atoms with E-state index in [-0.39, 0.29) is 18.0 Å². The monoisotopic (exact) mass is 267 g/mol. The van der Waals surface area contributed by atoms with E-state index in [9.17, 15) is 9.50 Å². The zero-order chi connectivity index (χ0) is 14.3. The number of hydrogen-bond donors (Lipinski definition) is 2. The molecule has 0 aliphatic heterocycles. The average Bonchev–Trinajstić information content (AvgIpc) is 2.40. The van der Waals surface area contributed by atoms with Gasteiger partial charge in [-0.25, -0.2) is 4.39 Å². The molecule has 3 heteroatoms. The molecule has 0 aliphatic rings. The molecule has 0 heterocycles. The van der Waals surface area contributed by atoms with Crippen LogP contribution in [0.25, 0.3) is 0 Å². The molecule has 2 nitrogen and oxygen atoms in total. The number of halogens is 1. The molecule has 19 heavy (non-hydrogen) atoms. The molecule has 2 N–H and O–H groups in total. The molecule has 0 saturated carbocycles. The fourth-order valence-corrected chi connectivity index (χ4v) is 2.39. The van der Waals surface area contributed by atoms with Crippen molar-refractivity contribution in [3.05, 3.63) is 35.6 Å². The van der Waals surface area contributed by atoms with Crippen LogP contribution in [-0.4, -0.2) is 23.8 Å². The summed E-state index contributed by atoms with van der Waals surface area (Å²) in [7, 11) is 0. The van der Waals surface area contributed by atoms with Gasteiger partial charge in [0.25, 0.3) is 0 Å². The topological polar surface area (TPSA) is 32.3 Å². The molecular weight excluding hydrogens is 241 g/mol. The summed E-state index contributed by atoms with van der Waals surface area (Å²) in [6.45, 7) is 6.79. The Bertz CT molecular complexity index is 366. The van der Waals surface area contributed by atoms with Gasteiger partial charge in [0.2, 0.25) is 0 Å². The Morgan fingerprint density at radius 1 is 1.21 bits per heavy atom. The van der Waals surface area contributed by atoms with Crippen LogP contribution in [0, 0.1) is 11.7 Å². The summed E-state index contributed by atoms with van der Waals surface area (Å²) in [6, 6.07) is 7.00. The highest BCUT2D eigenvalue weighted by molar-refractivity contribution is 5.18. The molecule has 0 fully saturated rings. The maximum Gasteiger partial charge on any atom is 0.126 e. The van der Waals surface area contributed by atoms with E-state index in [1.807, 2.05) is 19.1 Å². The van der Waals surface area contributed by atoms with Crippen molar-refractivity contribution in [2.75, 3.05) is 6.54 Å². The van der Waals surface area contributed by atoms with Crippen molar-refractivity contribution >= 4 is 0 Å². The van der Waals surface area contributed by atoms with E-state index in [4.69, 9.17) is 0 Å². The molecule has 1 aromatic carbocycles. The van der Waals surface area contributed by atoms with Crippen molar-refractivity contribution in [2.45, 2.75) is 52.2 Å². The summed E-state index contributed by atoms with van der Waals surface area (Å²) in [5.41, 5.74) is 0.722. The van der Waals surface area contributed by atoms with Crippen LogP contribution in [0.15, 0.2) is 24.3 Å². The van der Waals surface area contributed by atoms with E-state index in [1.54, 1.807) is 6.07 Å². The van der Waals surface area contributed by atoms with Crippen LogP contribution in [0.4, 0.5) is 4.39 Å². The van der Waals surface area contributed by atoms with Crippen molar-refractivity contribution in [1.29, 1.82) is 0 Å². The number of aliphatic hydroxyl groups excluding tert-OH is 1. The van der Waals surface area contributed by atoms with Crippen molar-refractivity contribution < 1.29 is 9.50 Å². The van der Waals surface area contributed by atoms with Crippen LogP contribution in [-0.2, 0) is 6.42 Å². The first-order chi connectivity index (χ1) is 9.08. The molecule has 1 aromatic rings. The van der Waals surface area contributed by atoms with Gasteiger partial charge in [0.05, 0.1) is 6.10 Å². The third kappa shape index (κ3) is 5.29. The highest BCUT2D eigenvalue weighted by atomic mass is 19.1. The predicted molar refractivity (Wildman–Crippen MR) is 77.6 cm³/mol. The molecule has 1 rings (SSSR count). The second-order valence-corrected chi connectivity index (χ2v) is 5.25. The Balaban J connectivity index is 2.40. The highest BCUT2D eigenvalue weighted by Crippen LogP contribution is 2.13. The number of rotatable bonds is 8. The number of hydrogen-bond acceptors (Lipinski definition) is 2. The molecule has 0 amide bonds. The minimum absolute atomic E-state index is 0.154. The maximum atomic E-state index is 13.5. The molecular formula is C16H26FNO. The SMILES string of the molecule is CCC(CC)C(O)CNC(C)Cc1ccccc1F. The van der Waals surface area contributed by atoms with Crippen LogP contribution in [0.5, 0.6) is 0 Å². The second-order valence-electron chi connectivity index (χ2n) is 5.25. The molecule has 0 saturated heterocycles. The standard InChI is InChI=1S/C16H26FNO/c1-4-13(5-2)16(19)11-18-12(3)10-14-8-6-7-9-15(14)17/h6-9,12-13,16,18-19H,4-5,10-11H2,1-3H3.